The molecule has 2 aliphatic rings. The molecule has 1 unspecified atom stereocenters. The summed E-state index contributed by atoms with van der Waals surface area (Å²) in [4.78, 5) is 2.48. The van der Waals surface area contributed by atoms with Gasteiger partial charge in [-0.1, -0.05) is 26.2 Å². The molecule has 0 bridgehead atoms. The van der Waals surface area contributed by atoms with Gasteiger partial charge in [-0.2, -0.15) is 0 Å². The van der Waals surface area contributed by atoms with Crippen molar-refractivity contribution >= 4 is 0 Å². The van der Waals surface area contributed by atoms with Crippen molar-refractivity contribution in [2.75, 3.05) is 19.6 Å². The molecule has 100 valence electrons. The van der Waals surface area contributed by atoms with Crippen LogP contribution in [-0.4, -0.2) is 47.8 Å². The molecule has 0 heterocycles. The molecule has 2 aliphatic carbocycles. The van der Waals surface area contributed by atoms with E-state index in [1.54, 1.807) is 0 Å². The third kappa shape index (κ3) is 4.57. The number of aliphatic hydroxyl groups excluding tert-OH is 1. The molecule has 2 N–H and O–H groups in total. The number of aliphatic hydroxyl groups is 1. The van der Waals surface area contributed by atoms with Crippen molar-refractivity contribution in [1.82, 2.24) is 10.2 Å². The Morgan fingerprint density at radius 1 is 1.18 bits per heavy atom. The summed E-state index contributed by atoms with van der Waals surface area (Å²) in [6, 6.07) is 1.43. The van der Waals surface area contributed by atoms with Gasteiger partial charge in [-0.05, 0) is 32.2 Å². The van der Waals surface area contributed by atoms with Crippen LogP contribution in [0.25, 0.3) is 0 Å². The fourth-order valence-electron chi connectivity index (χ4n) is 2.91. The van der Waals surface area contributed by atoms with E-state index in [-0.39, 0.29) is 6.10 Å². The van der Waals surface area contributed by atoms with Crippen molar-refractivity contribution in [3.63, 3.8) is 0 Å². The highest BCUT2D eigenvalue weighted by Crippen LogP contribution is 2.22. The van der Waals surface area contributed by atoms with Crippen molar-refractivity contribution < 1.29 is 5.11 Å². The monoisotopic (exact) mass is 240 g/mol. The molecule has 3 heteroatoms. The fourth-order valence-corrected chi connectivity index (χ4v) is 2.91. The summed E-state index contributed by atoms with van der Waals surface area (Å²) in [6.07, 6.45) is 9.21. The highest BCUT2D eigenvalue weighted by Gasteiger charge is 2.24. The minimum absolute atomic E-state index is 0.197. The van der Waals surface area contributed by atoms with Gasteiger partial charge in [0.05, 0.1) is 6.10 Å². The molecule has 2 rings (SSSR count). The SMILES string of the molecule is CCN(CC(O)CNC1CC1)C1CCCCC1. The van der Waals surface area contributed by atoms with Gasteiger partial charge in [0, 0.05) is 25.2 Å². The third-order valence-corrected chi connectivity index (χ3v) is 4.16. The summed E-state index contributed by atoms with van der Waals surface area (Å²) >= 11 is 0. The molecular weight excluding hydrogens is 212 g/mol. The van der Waals surface area contributed by atoms with E-state index in [9.17, 15) is 5.11 Å². The second-order valence-corrected chi connectivity index (χ2v) is 5.72. The van der Waals surface area contributed by atoms with Gasteiger partial charge in [0.1, 0.15) is 0 Å². The van der Waals surface area contributed by atoms with Crippen LogP contribution >= 0.6 is 0 Å². The maximum atomic E-state index is 10.1. The van der Waals surface area contributed by atoms with Gasteiger partial charge < -0.3 is 10.4 Å². The number of hydrogen-bond donors (Lipinski definition) is 2. The zero-order valence-electron chi connectivity index (χ0n) is 11.2. The van der Waals surface area contributed by atoms with E-state index in [0.717, 1.165) is 25.7 Å². The Hall–Kier alpha value is -0.120. The average Bonchev–Trinajstić information content (AvgIpc) is 3.18. The zero-order valence-corrected chi connectivity index (χ0v) is 11.2. The molecular formula is C14H28N2O. The maximum Gasteiger partial charge on any atom is 0.0791 e. The van der Waals surface area contributed by atoms with Gasteiger partial charge in [0.15, 0.2) is 0 Å². The van der Waals surface area contributed by atoms with E-state index in [1.807, 2.05) is 0 Å². The Balaban J connectivity index is 1.68. The minimum Gasteiger partial charge on any atom is -0.390 e. The Kier molecular flexibility index (Phi) is 5.26. The summed E-state index contributed by atoms with van der Waals surface area (Å²) in [5, 5.41) is 13.5. The Morgan fingerprint density at radius 2 is 1.88 bits per heavy atom. The second kappa shape index (κ2) is 6.72. The largest absolute Gasteiger partial charge is 0.390 e. The van der Waals surface area contributed by atoms with Crippen molar-refractivity contribution in [3.8, 4) is 0 Å². The molecule has 0 aliphatic heterocycles. The van der Waals surface area contributed by atoms with Crippen molar-refractivity contribution in [2.45, 2.75) is 70.1 Å². The van der Waals surface area contributed by atoms with Crippen molar-refractivity contribution in [3.05, 3.63) is 0 Å². The molecule has 2 saturated carbocycles. The lowest BCUT2D eigenvalue weighted by Gasteiger charge is -2.34. The summed E-state index contributed by atoms with van der Waals surface area (Å²) in [6.45, 7) is 4.91. The van der Waals surface area contributed by atoms with E-state index in [2.05, 4.69) is 17.1 Å². The van der Waals surface area contributed by atoms with E-state index in [0.29, 0.717) is 6.04 Å². The third-order valence-electron chi connectivity index (χ3n) is 4.16. The second-order valence-electron chi connectivity index (χ2n) is 5.72. The molecule has 2 fully saturated rings. The zero-order chi connectivity index (χ0) is 12.1. The molecule has 17 heavy (non-hydrogen) atoms. The Labute approximate surface area is 106 Å². The maximum absolute atomic E-state index is 10.1. The first-order valence-corrected chi connectivity index (χ1v) is 7.45. The lowest BCUT2D eigenvalue weighted by atomic mass is 9.94. The minimum atomic E-state index is -0.197. The topological polar surface area (TPSA) is 35.5 Å². The number of rotatable bonds is 7. The fraction of sp³-hybridized carbons (Fsp3) is 1.00. The standard InChI is InChI=1S/C14H28N2O/c1-2-16(13-6-4-3-5-7-13)11-14(17)10-15-12-8-9-12/h12-15,17H,2-11H2,1H3. The van der Waals surface area contributed by atoms with Crippen LogP contribution in [-0.2, 0) is 0 Å². The average molecular weight is 240 g/mol. The first-order chi connectivity index (χ1) is 8.29. The molecule has 3 nitrogen and oxygen atoms in total. The lowest BCUT2D eigenvalue weighted by molar-refractivity contribution is 0.0763. The quantitative estimate of drug-likeness (QED) is 0.712. The predicted octanol–water partition coefficient (Wildman–Crippen LogP) is 1.75. The van der Waals surface area contributed by atoms with Gasteiger partial charge in [-0.3, -0.25) is 4.90 Å². The van der Waals surface area contributed by atoms with Crippen molar-refractivity contribution in [1.29, 1.82) is 0 Å². The Bertz CT molecular complexity index is 212. The van der Waals surface area contributed by atoms with Gasteiger partial charge in [0.25, 0.3) is 0 Å². The van der Waals surface area contributed by atoms with Crippen LogP contribution in [0.3, 0.4) is 0 Å². The van der Waals surface area contributed by atoms with E-state index in [1.165, 1.54) is 44.9 Å². The highest BCUT2D eigenvalue weighted by molar-refractivity contribution is 4.83. The molecule has 0 spiro atoms. The normalized spacial score (nSPS) is 24.2. The first-order valence-electron chi connectivity index (χ1n) is 7.45. The van der Waals surface area contributed by atoms with E-state index in [4.69, 9.17) is 0 Å². The lowest BCUT2D eigenvalue weighted by Crippen LogP contribution is -2.44. The smallest absolute Gasteiger partial charge is 0.0791 e. The number of nitrogens with zero attached hydrogens (tertiary/aromatic N) is 1. The summed E-state index contributed by atoms with van der Waals surface area (Å²) in [5.41, 5.74) is 0. The number of likely N-dealkylation sites (N-methyl/N-ethyl adjacent to an activating group) is 1. The van der Waals surface area contributed by atoms with Gasteiger partial charge in [0.2, 0.25) is 0 Å². The van der Waals surface area contributed by atoms with Crippen molar-refractivity contribution in [2.24, 2.45) is 0 Å². The molecule has 0 saturated heterocycles. The summed E-state index contributed by atoms with van der Waals surface area (Å²) in [7, 11) is 0. The van der Waals surface area contributed by atoms with Crippen LogP contribution in [0.2, 0.25) is 0 Å². The number of hydrogen-bond acceptors (Lipinski definition) is 3. The summed E-state index contributed by atoms with van der Waals surface area (Å²) in [5.74, 6) is 0. The van der Waals surface area contributed by atoms with E-state index >= 15 is 0 Å². The van der Waals surface area contributed by atoms with Gasteiger partial charge in [-0.15, -0.1) is 0 Å². The molecule has 0 radical (unpaired) electrons. The summed E-state index contributed by atoms with van der Waals surface area (Å²) < 4.78 is 0. The first kappa shape index (κ1) is 13.3. The van der Waals surface area contributed by atoms with Crippen LogP contribution in [0.1, 0.15) is 51.9 Å². The molecule has 1 atom stereocenters. The molecule has 0 amide bonds. The van der Waals surface area contributed by atoms with Gasteiger partial charge in [-0.25, -0.2) is 0 Å². The van der Waals surface area contributed by atoms with Crippen LogP contribution in [0.4, 0.5) is 0 Å². The molecule has 0 aromatic heterocycles. The van der Waals surface area contributed by atoms with Crippen LogP contribution < -0.4 is 5.32 Å². The van der Waals surface area contributed by atoms with Gasteiger partial charge >= 0.3 is 0 Å². The van der Waals surface area contributed by atoms with E-state index < -0.39 is 0 Å². The van der Waals surface area contributed by atoms with Crippen LogP contribution in [0.15, 0.2) is 0 Å². The number of nitrogens with one attached hydrogen (secondary N) is 1. The molecule has 0 aromatic rings. The van der Waals surface area contributed by atoms with Crippen LogP contribution in [0, 0.1) is 0 Å². The molecule has 0 aromatic carbocycles. The predicted molar refractivity (Wildman–Crippen MR) is 71.2 cm³/mol. The van der Waals surface area contributed by atoms with Crippen LogP contribution in [0.5, 0.6) is 0 Å². The highest BCUT2D eigenvalue weighted by atomic mass is 16.3. The Morgan fingerprint density at radius 3 is 2.47 bits per heavy atom.